The van der Waals surface area contributed by atoms with E-state index in [-0.39, 0.29) is 78.9 Å². The number of azo groups is 2. The normalized spacial score (nSPS) is 11.6. The molecule has 4 aromatic carbocycles. The third-order valence-corrected chi connectivity index (χ3v) is 11.1. The molecule has 0 spiro atoms. The molecule has 0 atom stereocenters. The Bertz CT molecular complexity index is 2630. The average Bonchev–Trinajstić information content (AvgIpc) is 3.62. The monoisotopic (exact) mass is 922 g/mol. The van der Waals surface area contributed by atoms with Gasteiger partial charge in [-0.05, 0) is 101 Å². The van der Waals surface area contributed by atoms with E-state index in [1.54, 1.807) is 62.4 Å². The second-order valence-corrected chi connectivity index (χ2v) is 16.1. The van der Waals surface area contributed by atoms with E-state index in [9.17, 15) is 36.6 Å². The first kappa shape index (κ1) is 48.0. The minimum atomic E-state index is -3.75. The molecule has 2 heterocycles. The molecule has 0 unspecified atom stereocenters. The largest absolute Gasteiger partial charge is 1.00 e. The maximum absolute atomic E-state index is 12.6. The molecule has 6 rings (SSSR count). The fourth-order valence-corrected chi connectivity index (χ4v) is 6.53. The Morgan fingerprint density at radius 2 is 0.914 bits per heavy atom. The number of sulfonamides is 2. The van der Waals surface area contributed by atoms with Gasteiger partial charge in [0.25, 0.3) is 11.1 Å². The summed E-state index contributed by atoms with van der Waals surface area (Å²) in [5.74, 6) is -1.05. The molecule has 0 fully saturated rings. The first-order chi connectivity index (χ1) is 26.4. The second kappa shape index (κ2) is 20.0. The quantitative estimate of drug-likeness (QED) is 0.116. The number of benzene rings is 4. The van der Waals surface area contributed by atoms with Crippen LogP contribution in [0.4, 0.5) is 22.7 Å². The summed E-state index contributed by atoms with van der Waals surface area (Å²) in [5.41, 5.74) is 0.586. The SMILES string of the molecule is CNS(=O)(=O)c1ccc([O-])c(N=Nc2c(C)[nH]n(-c3ccc(Cl)cc3)c2=O)c1.CNS(=O)(=O)c1ccc([O-])c(N=Nc2c(C)[nH]n(-c3ccc(Cl)cc3)c2=O)c1.[Co].[Na+]. The first-order valence-corrected chi connectivity index (χ1v) is 19.7. The molecule has 301 valence electrons. The average molecular weight is 924 g/mol. The minimum absolute atomic E-state index is 0. The van der Waals surface area contributed by atoms with Gasteiger partial charge in [-0.2, -0.15) is 10.2 Å². The number of hydrogen-bond donors (Lipinski definition) is 4. The summed E-state index contributed by atoms with van der Waals surface area (Å²) in [4.78, 5) is 25.0. The maximum Gasteiger partial charge on any atom is 1.00 e. The van der Waals surface area contributed by atoms with Crippen LogP contribution in [0.15, 0.2) is 125 Å². The summed E-state index contributed by atoms with van der Waals surface area (Å²) in [6.07, 6.45) is 0. The number of aryl methyl sites for hydroxylation is 2. The maximum atomic E-state index is 12.6. The Morgan fingerprint density at radius 3 is 1.22 bits per heavy atom. The standard InChI is InChI=1S/2C17H16ClN5O4S.Co.Na/c2*1-10-16(17(25)23(22-10)12-5-3-11(18)4-6-12)21-20-14-9-13(7-8-15(14)24)28(26,27)19-2;;/h2*3-9,19,22,24H,1-2H3;;/q;;;+1/p-2. The molecule has 2 aromatic heterocycles. The fourth-order valence-electron chi connectivity index (χ4n) is 4.78. The fraction of sp³-hybridized carbons (Fsp3) is 0.118. The van der Waals surface area contributed by atoms with Gasteiger partial charge in [-0.25, -0.2) is 35.6 Å². The molecule has 0 saturated heterocycles. The van der Waals surface area contributed by atoms with E-state index in [2.05, 4.69) is 40.1 Å². The number of halogens is 2. The Balaban J connectivity index is 0.000000300. The second-order valence-electron chi connectivity index (χ2n) is 11.5. The molecule has 0 amide bonds. The predicted molar refractivity (Wildman–Crippen MR) is 205 cm³/mol. The third kappa shape index (κ3) is 11.0. The van der Waals surface area contributed by atoms with E-state index in [0.29, 0.717) is 32.8 Å². The van der Waals surface area contributed by atoms with Crippen molar-refractivity contribution in [2.75, 3.05) is 14.1 Å². The van der Waals surface area contributed by atoms with Gasteiger partial charge in [0.05, 0.1) is 43.9 Å². The molecule has 0 aliphatic heterocycles. The number of nitrogens with one attached hydrogen (secondary N) is 4. The summed E-state index contributed by atoms with van der Waals surface area (Å²) in [6.45, 7) is 3.25. The molecule has 0 aliphatic rings. The van der Waals surface area contributed by atoms with Crippen LogP contribution in [-0.2, 0) is 36.8 Å². The molecule has 4 N–H and O–H groups in total. The molecule has 0 saturated carbocycles. The minimum Gasteiger partial charge on any atom is -0.871 e. The van der Waals surface area contributed by atoms with Gasteiger partial charge in [0.1, 0.15) is 0 Å². The van der Waals surface area contributed by atoms with E-state index < -0.39 is 42.7 Å². The molecule has 24 heteroatoms. The zero-order valence-electron chi connectivity index (χ0n) is 30.9. The van der Waals surface area contributed by atoms with Crippen LogP contribution in [0.3, 0.4) is 0 Å². The smallest absolute Gasteiger partial charge is 0.871 e. The van der Waals surface area contributed by atoms with Crippen molar-refractivity contribution in [1.29, 1.82) is 0 Å². The van der Waals surface area contributed by atoms with Crippen molar-refractivity contribution in [1.82, 2.24) is 29.0 Å². The number of aromatic amines is 2. The van der Waals surface area contributed by atoms with Gasteiger partial charge >= 0.3 is 29.6 Å². The molecule has 58 heavy (non-hydrogen) atoms. The van der Waals surface area contributed by atoms with E-state index in [1.165, 1.54) is 35.6 Å². The zero-order chi connectivity index (χ0) is 40.9. The van der Waals surface area contributed by atoms with E-state index >= 15 is 0 Å². The summed E-state index contributed by atoms with van der Waals surface area (Å²) in [6, 6.07) is 19.9. The number of rotatable bonds is 10. The van der Waals surface area contributed by atoms with Crippen LogP contribution in [0.25, 0.3) is 11.4 Å². The summed E-state index contributed by atoms with van der Waals surface area (Å²) >= 11 is 11.7. The molecule has 0 aliphatic carbocycles. The van der Waals surface area contributed by atoms with Gasteiger partial charge in [-0.1, -0.05) is 46.8 Å². The number of hydrogen-bond acceptors (Lipinski definition) is 12. The number of H-pyrrole nitrogens is 2. The molecule has 1 radical (unpaired) electrons. The van der Waals surface area contributed by atoms with Crippen LogP contribution in [0, 0.1) is 13.8 Å². The first-order valence-electron chi connectivity index (χ1n) is 15.9. The van der Waals surface area contributed by atoms with Crippen LogP contribution in [0.5, 0.6) is 11.5 Å². The van der Waals surface area contributed by atoms with Crippen molar-refractivity contribution in [3.8, 4) is 22.9 Å². The van der Waals surface area contributed by atoms with Crippen molar-refractivity contribution >= 4 is 66.0 Å². The van der Waals surface area contributed by atoms with Gasteiger partial charge in [0, 0.05) is 26.8 Å². The van der Waals surface area contributed by atoms with Gasteiger partial charge in [-0.3, -0.25) is 19.8 Å². The molecular weight excluding hydrogens is 893 g/mol. The van der Waals surface area contributed by atoms with Crippen LogP contribution < -0.4 is 60.3 Å². The number of nitrogens with zero attached hydrogens (tertiary/aromatic N) is 6. The van der Waals surface area contributed by atoms with Crippen LogP contribution in [0.1, 0.15) is 11.4 Å². The van der Waals surface area contributed by atoms with Crippen molar-refractivity contribution in [2.24, 2.45) is 20.5 Å². The number of aromatic nitrogens is 4. The zero-order valence-corrected chi connectivity index (χ0v) is 37.1. The molecule has 18 nitrogen and oxygen atoms in total. The summed E-state index contributed by atoms with van der Waals surface area (Å²) in [5, 5.41) is 46.0. The Kier molecular flexibility index (Phi) is 16.6. The van der Waals surface area contributed by atoms with Crippen LogP contribution in [0.2, 0.25) is 10.0 Å². The van der Waals surface area contributed by atoms with Gasteiger partial charge in [0.2, 0.25) is 20.0 Å². The van der Waals surface area contributed by atoms with Gasteiger partial charge < -0.3 is 10.2 Å². The Labute approximate surface area is 373 Å². The van der Waals surface area contributed by atoms with Crippen LogP contribution in [-0.4, -0.2) is 50.5 Å². The van der Waals surface area contributed by atoms with Crippen molar-refractivity contribution in [2.45, 2.75) is 23.6 Å². The van der Waals surface area contributed by atoms with Gasteiger partial charge in [-0.15, -0.1) is 10.2 Å². The summed E-state index contributed by atoms with van der Waals surface area (Å²) in [7, 11) is -4.98. The Hall–Kier alpha value is -4.39. The van der Waals surface area contributed by atoms with E-state index in [1.807, 2.05) is 0 Å². The summed E-state index contributed by atoms with van der Waals surface area (Å²) < 4.78 is 54.3. The van der Waals surface area contributed by atoms with E-state index in [4.69, 9.17) is 23.2 Å². The van der Waals surface area contributed by atoms with Crippen LogP contribution >= 0.6 is 23.2 Å². The van der Waals surface area contributed by atoms with Crippen molar-refractivity contribution in [3.63, 3.8) is 0 Å². The third-order valence-electron chi connectivity index (χ3n) is 7.78. The Morgan fingerprint density at radius 1 is 0.586 bits per heavy atom. The molecular formula is C34H30Cl2CoN10NaO8S2-. The predicted octanol–water partition coefficient (Wildman–Crippen LogP) is 2.05. The topological polar surface area (TPSA) is 263 Å². The van der Waals surface area contributed by atoms with Crippen molar-refractivity contribution < 1.29 is 73.4 Å². The van der Waals surface area contributed by atoms with Crippen molar-refractivity contribution in [3.05, 3.63) is 127 Å². The van der Waals surface area contributed by atoms with E-state index in [0.717, 1.165) is 24.3 Å². The molecule has 6 aromatic rings. The van der Waals surface area contributed by atoms with Gasteiger partial charge in [0.15, 0.2) is 11.4 Å². The molecule has 0 bridgehead atoms.